The number of hydrogen-bond donors (Lipinski definition) is 2. The van der Waals surface area contributed by atoms with Crippen LogP contribution in [0.25, 0.3) is 0 Å². The first-order valence-corrected chi connectivity index (χ1v) is 8.80. The Bertz CT molecular complexity index is 885. The number of aromatic nitrogens is 1. The number of amides is 1. The molecule has 1 heterocycles. The van der Waals surface area contributed by atoms with E-state index in [-0.39, 0.29) is 28.6 Å². The predicted molar refractivity (Wildman–Crippen MR) is 101 cm³/mol. The van der Waals surface area contributed by atoms with Crippen LogP contribution in [-0.4, -0.2) is 16.6 Å². The van der Waals surface area contributed by atoms with Crippen molar-refractivity contribution in [2.75, 3.05) is 16.8 Å². The molecule has 24 heavy (non-hydrogen) atoms. The molecule has 0 atom stereocenters. The first kappa shape index (κ1) is 18.0. The maximum atomic E-state index is 12.1. The summed E-state index contributed by atoms with van der Waals surface area (Å²) in [5, 5.41) is 21.2. The Morgan fingerprint density at radius 2 is 2.04 bits per heavy atom. The van der Waals surface area contributed by atoms with E-state index in [4.69, 9.17) is 16.3 Å². The monoisotopic (exact) mass is 449 g/mol. The van der Waals surface area contributed by atoms with Gasteiger partial charge in [-0.15, -0.1) is 0 Å². The van der Waals surface area contributed by atoms with Gasteiger partial charge in [-0.1, -0.05) is 17.8 Å². The molecule has 0 radical (unpaired) electrons. The van der Waals surface area contributed by atoms with Crippen LogP contribution in [0.15, 0.2) is 29.3 Å². The number of nitriles is 2. The molecule has 0 aliphatic rings. The van der Waals surface area contributed by atoms with E-state index in [2.05, 4.69) is 32.9 Å². The highest BCUT2D eigenvalue weighted by molar-refractivity contribution is 14.1. The SMILES string of the molecule is Cc1ccc(NC(=O)CSc2nc(N)c(C#N)cc2C#N)c(I)c1. The highest BCUT2D eigenvalue weighted by Crippen LogP contribution is 2.25. The summed E-state index contributed by atoms with van der Waals surface area (Å²) in [7, 11) is 0. The molecule has 0 saturated heterocycles. The largest absolute Gasteiger partial charge is 0.383 e. The van der Waals surface area contributed by atoms with Crippen molar-refractivity contribution in [2.24, 2.45) is 0 Å². The Morgan fingerprint density at radius 1 is 1.33 bits per heavy atom. The predicted octanol–water partition coefficient (Wildman–Crippen LogP) is 3.05. The van der Waals surface area contributed by atoms with E-state index in [1.54, 1.807) is 0 Å². The number of anilines is 2. The van der Waals surface area contributed by atoms with Crippen molar-refractivity contribution in [2.45, 2.75) is 11.9 Å². The molecular formula is C16H12IN5OS. The minimum atomic E-state index is -0.213. The van der Waals surface area contributed by atoms with Crippen molar-refractivity contribution >= 4 is 51.8 Å². The van der Waals surface area contributed by atoms with Crippen LogP contribution in [-0.2, 0) is 4.79 Å². The van der Waals surface area contributed by atoms with E-state index >= 15 is 0 Å². The van der Waals surface area contributed by atoms with E-state index in [1.165, 1.54) is 6.07 Å². The summed E-state index contributed by atoms with van der Waals surface area (Å²) < 4.78 is 0.949. The molecular weight excluding hydrogens is 437 g/mol. The Hall–Kier alpha value is -2.30. The lowest BCUT2D eigenvalue weighted by Gasteiger charge is -2.09. The van der Waals surface area contributed by atoms with Gasteiger partial charge in [-0.25, -0.2) is 4.98 Å². The van der Waals surface area contributed by atoms with Crippen molar-refractivity contribution in [1.82, 2.24) is 4.98 Å². The van der Waals surface area contributed by atoms with Gasteiger partial charge in [-0.3, -0.25) is 4.79 Å². The number of carbonyl (C=O) groups is 1. The van der Waals surface area contributed by atoms with Gasteiger partial charge in [-0.05, 0) is 53.3 Å². The van der Waals surface area contributed by atoms with Gasteiger partial charge in [0, 0.05) is 3.57 Å². The van der Waals surface area contributed by atoms with Gasteiger partial charge in [0.2, 0.25) is 5.91 Å². The second kappa shape index (κ2) is 7.99. The standard InChI is InChI=1S/C16H12IN5OS/c1-9-2-3-13(12(17)4-9)21-14(23)8-24-16-11(7-19)5-10(6-18)15(20)22-16/h2-5H,8H2,1H3,(H2,20,22)(H,21,23). The van der Waals surface area contributed by atoms with Crippen molar-refractivity contribution in [3.8, 4) is 12.1 Å². The number of halogens is 1. The Balaban J connectivity index is 2.08. The summed E-state index contributed by atoms with van der Waals surface area (Å²) >= 11 is 3.26. The molecule has 0 aliphatic heterocycles. The van der Waals surface area contributed by atoms with Crippen LogP contribution >= 0.6 is 34.4 Å². The van der Waals surface area contributed by atoms with Gasteiger partial charge in [0.1, 0.15) is 23.0 Å². The minimum absolute atomic E-state index is 0.0486. The summed E-state index contributed by atoms with van der Waals surface area (Å²) in [5.74, 6) is -0.0837. The molecule has 3 N–H and O–H groups in total. The second-order valence-corrected chi connectivity index (χ2v) is 6.94. The first-order chi connectivity index (χ1) is 11.4. The fourth-order valence-corrected chi connectivity index (χ4v) is 3.40. The lowest BCUT2D eigenvalue weighted by atomic mass is 10.2. The minimum Gasteiger partial charge on any atom is -0.383 e. The van der Waals surface area contributed by atoms with E-state index in [9.17, 15) is 4.79 Å². The molecule has 0 saturated carbocycles. The lowest BCUT2D eigenvalue weighted by Crippen LogP contribution is -2.15. The normalized spacial score (nSPS) is 9.83. The zero-order valence-electron chi connectivity index (χ0n) is 12.6. The number of pyridine rings is 1. The maximum absolute atomic E-state index is 12.1. The van der Waals surface area contributed by atoms with Crippen molar-refractivity contribution < 1.29 is 4.79 Å². The molecule has 6 nitrogen and oxygen atoms in total. The summed E-state index contributed by atoms with van der Waals surface area (Å²) in [5.41, 5.74) is 7.88. The molecule has 2 aromatic rings. The average molecular weight is 449 g/mol. The molecule has 0 unspecified atom stereocenters. The zero-order chi connectivity index (χ0) is 17.7. The van der Waals surface area contributed by atoms with Crippen LogP contribution < -0.4 is 11.1 Å². The van der Waals surface area contributed by atoms with Gasteiger partial charge >= 0.3 is 0 Å². The van der Waals surface area contributed by atoms with Gasteiger partial charge in [0.25, 0.3) is 0 Å². The summed E-state index contributed by atoms with van der Waals surface area (Å²) in [6, 6.07) is 11.0. The van der Waals surface area contributed by atoms with Crippen LogP contribution in [0.1, 0.15) is 16.7 Å². The number of nitrogens with two attached hydrogens (primary N) is 1. The van der Waals surface area contributed by atoms with Gasteiger partial charge < -0.3 is 11.1 Å². The third-order valence-electron chi connectivity index (χ3n) is 3.00. The van der Waals surface area contributed by atoms with Crippen molar-refractivity contribution in [1.29, 1.82) is 10.5 Å². The number of nitrogens with one attached hydrogen (secondary N) is 1. The van der Waals surface area contributed by atoms with E-state index in [1.807, 2.05) is 37.3 Å². The van der Waals surface area contributed by atoms with Gasteiger partial charge in [0.05, 0.1) is 22.6 Å². The first-order valence-electron chi connectivity index (χ1n) is 6.74. The van der Waals surface area contributed by atoms with Crippen LogP contribution in [0.5, 0.6) is 0 Å². The fraction of sp³-hybridized carbons (Fsp3) is 0.125. The van der Waals surface area contributed by atoms with Crippen LogP contribution in [0.2, 0.25) is 0 Å². The third kappa shape index (κ3) is 4.37. The third-order valence-corrected chi connectivity index (χ3v) is 4.88. The van der Waals surface area contributed by atoms with Crippen molar-refractivity contribution in [3.63, 3.8) is 0 Å². The molecule has 0 aliphatic carbocycles. The highest BCUT2D eigenvalue weighted by atomic mass is 127. The molecule has 0 bridgehead atoms. The van der Waals surface area contributed by atoms with Gasteiger partial charge in [0.15, 0.2) is 0 Å². The molecule has 0 spiro atoms. The molecule has 1 aromatic carbocycles. The lowest BCUT2D eigenvalue weighted by molar-refractivity contribution is -0.113. The average Bonchev–Trinajstić information content (AvgIpc) is 2.55. The number of thioether (sulfide) groups is 1. The zero-order valence-corrected chi connectivity index (χ0v) is 15.6. The topological polar surface area (TPSA) is 116 Å². The van der Waals surface area contributed by atoms with E-state index in [0.717, 1.165) is 26.6 Å². The second-order valence-electron chi connectivity index (χ2n) is 4.82. The number of benzene rings is 1. The number of nitrogens with zero attached hydrogens (tertiary/aromatic N) is 3. The number of aryl methyl sites for hydroxylation is 1. The van der Waals surface area contributed by atoms with Crippen LogP contribution in [0.4, 0.5) is 11.5 Å². The number of nitrogen functional groups attached to an aromatic ring is 1. The molecule has 1 amide bonds. The fourth-order valence-electron chi connectivity index (χ4n) is 1.83. The Labute approximate surface area is 157 Å². The molecule has 8 heteroatoms. The number of rotatable bonds is 4. The van der Waals surface area contributed by atoms with Gasteiger partial charge in [-0.2, -0.15) is 10.5 Å². The molecule has 1 aromatic heterocycles. The van der Waals surface area contributed by atoms with Crippen molar-refractivity contribution in [3.05, 3.63) is 44.5 Å². The Kier molecular flexibility index (Phi) is 6.01. The summed E-state index contributed by atoms with van der Waals surface area (Å²) in [6.45, 7) is 1.98. The van der Waals surface area contributed by atoms with Crippen LogP contribution in [0.3, 0.4) is 0 Å². The molecule has 0 fully saturated rings. The summed E-state index contributed by atoms with van der Waals surface area (Å²) in [4.78, 5) is 16.1. The van der Waals surface area contributed by atoms with E-state index < -0.39 is 0 Å². The Morgan fingerprint density at radius 3 is 2.67 bits per heavy atom. The summed E-state index contributed by atoms with van der Waals surface area (Å²) in [6.07, 6.45) is 0. The molecule has 2 rings (SSSR count). The number of hydrogen-bond acceptors (Lipinski definition) is 6. The smallest absolute Gasteiger partial charge is 0.234 e. The molecule has 120 valence electrons. The maximum Gasteiger partial charge on any atom is 0.234 e. The quantitative estimate of drug-likeness (QED) is 0.548. The van der Waals surface area contributed by atoms with Crippen LogP contribution in [0, 0.1) is 33.2 Å². The highest BCUT2D eigenvalue weighted by Gasteiger charge is 2.13. The van der Waals surface area contributed by atoms with E-state index in [0.29, 0.717) is 5.03 Å². The number of carbonyl (C=O) groups excluding carboxylic acids is 1.